The van der Waals surface area contributed by atoms with Crippen LogP contribution in [0.15, 0.2) is 0 Å². The van der Waals surface area contributed by atoms with E-state index in [1.165, 1.54) is 6.42 Å². The second-order valence-electron chi connectivity index (χ2n) is 5.62. The molecule has 2 unspecified atom stereocenters. The van der Waals surface area contributed by atoms with Gasteiger partial charge in [0.2, 0.25) is 0 Å². The summed E-state index contributed by atoms with van der Waals surface area (Å²) in [5, 5.41) is 18.9. The highest BCUT2D eigenvalue weighted by molar-refractivity contribution is 4.81. The third-order valence-corrected chi connectivity index (χ3v) is 3.48. The van der Waals surface area contributed by atoms with Gasteiger partial charge in [0.1, 0.15) is 0 Å². The number of hydrogen-bond donors (Lipinski definition) is 2. The van der Waals surface area contributed by atoms with Crippen LogP contribution in [0.4, 0.5) is 0 Å². The first kappa shape index (κ1) is 12.0. The molecule has 2 heteroatoms. The lowest BCUT2D eigenvalue weighted by molar-refractivity contribution is 0.0288. The first-order valence-corrected chi connectivity index (χ1v) is 5.75. The Kier molecular flexibility index (Phi) is 3.96. The van der Waals surface area contributed by atoms with Gasteiger partial charge in [-0.05, 0) is 57.3 Å². The van der Waals surface area contributed by atoms with Gasteiger partial charge in [0, 0.05) is 6.61 Å². The van der Waals surface area contributed by atoms with Crippen molar-refractivity contribution in [2.24, 2.45) is 17.8 Å². The highest BCUT2D eigenvalue weighted by Crippen LogP contribution is 2.37. The third-order valence-electron chi connectivity index (χ3n) is 3.48. The standard InChI is InChI=1S/C12H24O2/c1-9-6-10(7-12(2,3)14)4-5-11(9)8-13/h9-11,13-14H,4-8H2,1-3H3/t9-,10?,11?/m1/s1. The minimum atomic E-state index is -0.531. The van der Waals surface area contributed by atoms with Gasteiger partial charge in [0.05, 0.1) is 5.60 Å². The molecule has 14 heavy (non-hydrogen) atoms. The summed E-state index contributed by atoms with van der Waals surface area (Å²) in [6, 6.07) is 0. The van der Waals surface area contributed by atoms with Crippen LogP contribution in [0.5, 0.6) is 0 Å². The maximum Gasteiger partial charge on any atom is 0.0594 e. The molecule has 0 radical (unpaired) electrons. The van der Waals surface area contributed by atoms with Gasteiger partial charge < -0.3 is 10.2 Å². The molecule has 0 spiro atoms. The highest BCUT2D eigenvalue weighted by atomic mass is 16.3. The van der Waals surface area contributed by atoms with E-state index in [-0.39, 0.29) is 0 Å². The Morgan fingerprint density at radius 1 is 1.29 bits per heavy atom. The minimum absolute atomic E-state index is 0.330. The van der Waals surface area contributed by atoms with Gasteiger partial charge in [-0.1, -0.05) is 6.92 Å². The monoisotopic (exact) mass is 200 g/mol. The van der Waals surface area contributed by atoms with E-state index in [9.17, 15) is 5.11 Å². The van der Waals surface area contributed by atoms with E-state index in [1.54, 1.807) is 0 Å². The molecule has 1 aliphatic carbocycles. The van der Waals surface area contributed by atoms with Crippen LogP contribution in [0.1, 0.15) is 46.5 Å². The molecule has 1 rings (SSSR count). The summed E-state index contributed by atoms with van der Waals surface area (Å²) in [5.41, 5.74) is -0.531. The van der Waals surface area contributed by atoms with Crippen molar-refractivity contribution in [3.8, 4) is 0 Å². The van der Waals surface area contributed by atoms with Gasteiger partial charge in [0.25, 0.3) is 0 Å². The Bertz CT molecular complexity index is 172. The van der Waals surface area contributed by atoms with Crippen LogP contribution in [0, 0.1) is 17.8 Å². The molecule has 0 aromatic carbocycles. The van der Waals surface area contributed by atoms with Gasteiger partial charge >= 0.3 is 0 Å². The third kappa shape index (κ3) is 3.58. The van der Waals surface area contributed by atoms with Crippen molar-refractivity contribution in [3.63, 3.8) is 0 Å². The fourth-order valence-electron chi connectivity index (χ4n) is 2.73. The average molecular weight is 200 g/mol. The van der Waals surface area contributed by atoms with E-state index >= 15 is 0 Å². The summed E-state index contributed by atoms with van der Waals surface area (Å²) in [4.78, 5) is 0. The molecule has 2 N–H and O–H groups in total. The molecule has 2 nitrogen and oxygen atoms in total. The number of aliphatic hydroxyl groups is 2. The SMILES string of the molecule is C[C@@H]1CC(CC(C)(C)O)CCC1CO. The van der Waals surface area contributed by atoms with Crippen molar-refractivity contribution >= 4 is 0 Å². The van der Waals surface area contributed by atoms with Crippen molar-refractivity contribution in [2.75, 3.05) is 6.61 Å². The van der Waals surface area contributed by atoms with Crippen LogP contribution < -0.4 is 0 Å². The van der Waals surface area contributed by atoms with Crippen LogP contribution in [0.3, 0.4) is 0 Å². The molecule has 3 atom stereocenters. The lowest BCUT2D eigenvalue weighted by Gasteiger charge is -2.35. The van der Waals surface area contributed by atoms with E-state index in [1.807, 2.05) is 13.8 Å². The topological polar surface area (TPSA) is 40.5 Å². The van der Waals surface area contributed by atoms with Gasteiger partial charge in [-0.3, -0.25) is 0 Å². The Balaban J connectivity index is 2.39. The first-order valence-electron chi connectivity index (χ1n) is 5.75. The normalized spacial score (nSPS) is 34.5. The first-order chi connectivity index (χ1) is 6.42. The summed E-state index contributed by atoms with van der Waals surface area (Å²) in [5.74, 6) is 1.75. The lowest BCUT2D eigenvalue weighted by Crippen LogP contribution is -2.30. The average Bonchev–Trinajstić information content (AvgIpc) is 2.01. The van der Waals surface area contributed by atoms with Gasteiger partial charge in [-0.2, -0.15) is 0 Å². The Morgan fingerprint density at radius 3 is 2.36 bits per heavy atom. The minimum Gasteiger partial charge on any atom is -0.396 e. The van der Waals surface area contributed by atoms with Crippen molar-refractivity contribution in [1.29, 1.82) is 0 Å². The summed E-state index contributed by atoms with van der Waals surface area (Å²) in [6.45, 7) is 6.32. The van der Waals surface area contributed by atoms with E-state index in [0.29, 0.717) is 24.4 Å². The smallest absolute Gasteiger partial charge is 0.0594 e. The van der Waals surface area contributed by atoms with Crippen molar-refractivity contribution < 1.29 is 10.2 Å². The van der Waals surface area contributed by atoms with E-state index in [4.69, 9.17) is 5.11 Å². The molecule has 0 heterocycles. The van der Waals surface area contributed by atoms with Crippen LogP contribution in [0.2, 0.25) is 0 Å². The molecule has 0 aromatic rings. The zero-order valence-corrected chi connectivity index (χ0v) is 9.66. The fraction of sp³-hybridized carbons (Fsp3) is 1.00. The maximum absolute atomic E-state index is 9.73. The molecule has 1 fully saturated rings. The number of aliphatic hydroxyl groups excluding tert-OH is 1. The lowest BCUT2D eigenvalue weighted by atomic mass is 9.72. The van der Waals surface area contributed by atoms with Crippen LogP contribution in [-0.2, 0) is 0 Å². The predicted octanol–water partition coefficient (Wildman–Crippen LogP) is 2.19. The van der Waals surface area contributed by atoms with Gasteiger partial charge in [-0.25, -0.2) is 0 Å². The molecule has 0 aromatic heterocycles. The Hall–Kier alpha value is -0.0800. The highest BCUT2D eigenvalue weighted by Gasteiger charge is 2.29. The summed E-state index contributed by atoms with van der Waals surface area (Å²) >= 11 is 0. The number of hydrogen-bond acceptors (Lipinski definition) is 2. The summed E-state index contributed by atoms with van der Waals surface area (Å²) in [7, 11) is 0. The second kappa shape index (κ2) is 4.63. The van der Waals surface area contributed by atoms with Crippen LogP contribution >= 0.6 is 0 Å². The van der Waals surface area contributed by atoms with Gasteiger partial charge in [-0.15, -0.1) is 0 Å². The molecular formula is C12H24O2. The molecule has 1 saturated carbocycles. The molecular weight excluding hydrogens is 176 g/mol. The quantitative estimate of drug-likeness (QED) is 0.733. The van der Waals surface area contributed by atoms with Crippen molar-refractivity contribution in [1.82, 2.24) is 0 Å². The number of rotatable bonds is 3. The van der Waals surface area contributed by atoms with Crippen LogP contribution in [-0.4, -0.2) is 22.4 Å². The zero-order valence-electron chi connectivity index (χ0n) is 9.66. The summed E-state index contributed by atoms with van der Waals surface area (Å²) in [6.07, 6.45) is 4.35. The van der Waals surface area contributed by atoms with Crippen LogP contribution in [0.25, 0.3) is 0 Å². The molecule has 0 aliphatic heterocycles. The Morgan fingerprint density at radius 2 is 1.93 bits per heavy atom. The van der Waals surface area contributed by atoms with Crippen molar-refractivity contribution in [3.05, 3.63) is 0 Å². The maximum atomic E-state index is 9.73. The molecule has 0 saturated heterocycles. The second-order valence-corrected chi connectivity index (χ2v) is 5.62. The summed E-state index contributed by atoms with van der Waals surface area (Å²) < 4.78 is 0. The largest absolute Gasteiger partial charge is 0.396 e. The van der Waals surface area contributed by atoms with Gasteiger partial charge in [0.15, 0.2) is 0 Å². The van der Waals surface area contributed by atoms with E-state index < -0.39 is 5.60 Å². The molecule has 84 valence electrons. The predicted molar refractivity (Wildman–Crippen MR) is 58.0 cm³/mol. The Labute approximate surface area is 87.3 Å². The van der Waals surface area contributed by atoms with Crippen molar-refractivity contribution in [2.45, 2.75) is 52.1 Å². The molecule has 0 amide bonds. The van der Waals surface area contributed by atoms with E-state index in [0.717, 1.165) is 19.3 Å². The molecule has 0 bridgehead atoms. The zero-order chi connectivity index (χ0) is 10.8. The fourth-order valence-corrected chi connectivity index (χ4v) is 2.73. The van der Waals surface area contributed by atoms with E-state index in [2.05, 4.69) is 6.92 Å². The molecule has 1 aliphatic rings.